The lowest BCUT2D eigenvalue weighted by Gasteiger charge is -2.29. The number of hydrogen-bond donors (Lipinski definition) is 1. The number of esters is 1. The van der Waals surface area contributed by atoms with Crippen LogP contribution in [0.5, 0.6) is 0 Å². The molecule has 1 aliphatic rings. The highest BCUT2D eigenvalue weighted by molar-refractivity contribution is 7.87. The Hall–Kier alpha value is -1.35. The molecule has 110 valence electrons. The number of nitrogens with one attached hydrogen (secondary N) is 1. The zero-order valence-electron chi connectivity index (χ0n) is 10.9. The van der Waals surface area contributed by atoms with Gasteiger partial charge in [-0.3, -0.25) is 4.79 Å². The second kappa shape index (κ2) is 6.71. The van der Waals surface area contributed by atoms with Gasteiger partial charge in [0.1, 0.15) is 0 Å². The Kier molecular flexibility index (Phi) is 5.55. The van der Waals surface area contributed by atoms with Gasteiger partial charge in [-0.05, 0) is 19.8 Å². The third kappa shape index (κ3) is 4.35. The first-order valence-corrected chi connectivity index (χ1v) is 7.37. The van der Waals surface area contributed by atoms with Crippen LogP contribution in [0.2, 0.25) is 0 Å². The molecule has 1 rings (SSSR count). The minimum atomic E-state index is -3.90. The quantitative estimate of drug-likeness (QED) is 0.724. The van der Waals surface area contributed by atoms with Gasteiger partial charge in [-0.2, -0.15) is 12.7 Å². The van der Waals surface area contributed by atoms with Crippen LogP contribution in [0.4, 0.5) is 4.79 Å². The van der Waals surface area contributed by atoms with Gasteiger partial charge in [0.25, 0.3) is 0 Å². The first-order chi connectivity index (χ1) is 8.90. The maximum atomic E-state index is 11.8. The highest BCUT2D eigenvalue weighted by atomic mass is 32.2. The predicted molar refractivity (Wildman–Crippen MR) is 65.4 cm³/mol. The number of nitrogens with zero attached hydrogens (tertiary/aromatic N) is 1. The van der Waals surface area contributed by atoms with Crippen molar-refractivity contribution in [3.8, 4) is 0 Å². The molecule has 19 heavy (non-hydrogen) atoms. The maximum absolute atomic E-state index is 11.8. The number of ether oxygens (including phenoxy) is 2. The Morgan fingerprint density at radius 3 is 2.37 bits per heavy atom. The van der Waals surface area contributed by atoms with Crippen LogP contribution in [0.3, 0.4) is 0 Å². The van der Waals surface area contributed by atoms with E-state index < -0.39 is 16.3 Å². The van der Waals surface area contributed by atoms with Gasteiger partial charge in [-0.1, -0.05) is 0 Å². The molecule has 0 aromatic rings. The molecule has 0 spiro atoms. The van der Waals surface area contributed by atoms with E-state index >= 15 is 0 Å². The van der Waals surface area contributed by atoms with E-state index in [0.717, 1.165) is 11.4 Å². The smallest absolute Gasteiger partial charge is 0.421 e. The third-order valence-corrected chi connectivity index (χ3v) is 4.28. The number of hydrogen-bond acceptors (Lipinski definition) is 6. The molecule has 0 atom stereocenters. The molecule has 0 radical (unpaired) electrons. The van der Waals surface area contributed by atoms with Crippen molar-refractivity contribution in [2.45, 2.75) is 19.8 Å². The Bertz CT molecular complexity index is 427. The monoisotopic (exact) mass is 294 g/mol. The Morgan fingerprint density at radius 1 is 1.32 bits per heavy atom. The van der Waals surface area contributed by atoms with E-state index in [1.165, 1.54) is 0 Å². The van der Waals surface area contributed by atoms with Crippen LogP contribution >= 0.6 is 0 Å². The summed E-state index contributed by atoms with van der Waals surface area (Å²) in [7, 11) is -2.82. The molecule has 8 nitrogen and oxygen atoms in total. The van der Waals surface area contributed by atoms with Crippen molar-refractivity contribution in [1.82, 2.24) is 9.03 Å². The van der Waals surface area contributed by atoms with Crippen molar-refractivity contribution in [1.29, 1.82) is 0 Å². The van der Waals surface area contributed by atoms with Gasteiger partial charge in [-0.15, -0.1) is 0 Å². The summed E-state index contributed by atoms with van der Waals surface area (Å²) >= 11 is 0. The first-order valence-electron chi connectivity index (χ1n) is 5.93. The molecular formula is C10H18N2O6S. The van der Waals surface area contributed by atoms with E-state index in [0.29, 0.717) is 19.4 Å². The third-order valence-electron chi connectivity index (χ3n) is 2.81. The van der Waals surface area contributed by atoms with E-state index in [4.69, 9.17) is 4.74 Å². The molecule has 0 bridgehead atoms. The molecule has 1 heterocycles. The van der Waals surface area contributed by atoms with Crippen LogP contribution in [0, 0.1) is 5.92 Å². The molecule has 9 heteroatoms. The fourth-order valence-corrected chi connectivity index (χ4v) is 2.92. The van der Waals surface area contributed by atoms with Crippen molar-refractivity contribution < 1.29 is 27.5 Å². The van der Waals surface area contributed by atoms with E-state index in [9.17, 15) is 18.0 Å². The second-order valence-electron chi connectivity index (χ2n) is 4.02. The number of carbonyl (C=O) groups excluding carboxylic acids is 2. The minimum Gasteiger partial charge on any atom is -0.466 e. The normalized spacial score (nSPS) is 17.8. The average molecular weight is 294 g/mol. The molecule has 0 aromatic carbocycles. The Balaban J connectivity index is 2.53. The van der Waals surface area contributed by atoms with Gasteiger partial charge in [0.15, 0.2) is 0 Å². The standard InChI is InChI=1S/C10H18N2O6S/c1-3-18-9(13)8-4-6-12(7-5-8)19(15,16)11-10(14)17-2/h8H,3-7H2,1-2H3,(H,11,14). The van der Waals surface area contributed by atoms with Crippen molar-refractivity contribution in [3.63, 3.8) is 0 Å². The molecule has 0 aliphatic carbocycles. The molecule has 1 fully saturated rings. The minimum absolute atomic E-state index is 0.163. The fourth-order valence-electron chi connectivity index (χ4n) is 1.80. The van der Waals surface area contributed by atoms with Gasteiger partial charge >= 0.3 is 22.3 Å². The summed E-state index contributed by atoms with van der Waals surface area (Å²) in [5, 5.41) is 0. The molecule has 1 aliphatic heterocycles. The van der Waals surface area contributed by atoms with Gasteiger partial charge in [0.2, 0.25) is 0 Å². The highest BCUT2D eigenvalue weighted by Gasteiger charge is 2.32. The SMILES string of the molecule is CCOC(=O)C1CCN(S(=O)(=O)NC(=O)OC)CC1. The van der Waals surface area contributed by atoms with Crippen LogP contribution in [0.1, 0.15) is 19.8 Å². The van der Waals surface area contributed by atoms with Gasteiger partial charge in [0.05, 0.1) is 19.6 Å². The summed E-state index contributed by atoms with van der Waals surface area (Å²) in [6, 6.07) is 0. The van der Waals surface area contributed by atoms with E-state index in [1.54, 1.807) is 11.6 Å². The van der Waals surface area contributed by atoms with Crippen LogP contribution in [0.25, 0.3) is 0 Å². The zero-order chi connectivity index (χ0) is 14.5. The summed E-state index contributed by atoms with van der Waals surface area (Å²) < 4.78 is 35.5. The van der Waals surface area contributed by atoms with Crippen molar-refractivity contribution in [2.75, 3.05) is 26.8 Å². The topological polar surface area (TPSA) is 102 Å². The number of methoxy groups -OCH3 is 1. The summed E-state index contributed by atoms with van der Waals surface area (Å²) in [4.78, 5) is 22.4. The lowest BCUT2D eigenvalue weighted by Crippen LogP contribution is -2.47. The summed E-state index contributed by atoms with van der Waals surface area (Å²) in [5.74, 6) is -0.593. The number of piperidine rings is 1. The number of rotatable bonds is 4. The Labute approximate surface area is 112 Å². The number of carbonyl (C=O) groups is 2. The van der Waals surface area contributed by atoms with E-state index in [2.05, 4.69) is 4.74 Å². The van der Waals surface area contributed by atoms with Gasteiger partial charge in [0, 0.05) is 13.1 Å². The largest absolute Gasteiger partial charge is 0.466 e. The summed E-state index contributed by atoms with van der Waals surface area (Å²) in [6.07, 6.45) is -0.283. The van der Waals surface area contributed by atoms with Crippen molar-refractivity contribution >= 4 is 22.3 Å². The second-order valence-corrected chi connectivity index (χ2v) is 5.69. The lowest BCUT2D eigenvalue weighted by molar-refractivity contribution is -0.149. The zero-order valence-corrected chi connectivity index (χ0v) is 11.7. The molecule has 1 amide bonds. The molecule has 0 aromatic heterocycles. The van der Waals surface area contributed by atoms with Gasteiger partial charge < -0.3 is 9.47 Å². The van der Waals surface area contributed by atoms with E-state index in [-0.39, 0.29) is 25.0 Å². The Morgan fingerprint density at radius 2 is 1.89 bits per heavy atom. The summed E-state index contributed by atoms with van der Waals surface area (Å²) in [5.41, 5.74) is 0. The summed E-state index contributed by atoms with van der Waals surface area (Å²) in [6.45, 7) is 2.35. The van der Waals surface area contributed by atoms with E-state index in [1.807, 2.05) is 0 Å². The van der Waals surface area contributed by atoms with Crippen molar-refractivity contribution in [3.05, 3.63) is 0 Å². The molecule has 0 saturated carbocycles. The molecular weight excluding hydrogens is 276 g/mol. The molecule has 1 saturated heterocycles. The number of amides is 1. The molecule has 1 N–H and O–H groups in total. The van der Waals surface area contributed by atoms with Crippen LogP contribution in [-0.2, 0) is 24.5 Å². The fraction of sp³-hybridized carbons (Fsp3) is 0.800. The highest BCUT2D eigenvalue weighted by Crippen LogP contribution is 2.20. The van der Waals surface area contributed by atoms with Crippen LogP contribution in [-0.4, -0.2) is 51.6 Å². The first kappa shape index (κ1) is 15.7. The van der Waals surface area contributed by atoms with Crippen molar-refractivity contribution in [2.24, 2.45) is 5.92 Å². The maximum Gasteiger partial charge on any atom is 0.421 e. The van der Waals surface area contributed by atoms with Crippen LogP contribution < -0.4 is 4.72 Å². The molecule has 0 unspecified atom stereocenters. The predicted octanol–water partition coefficient (Wildman–Crippen LogP) is -0.138. The lowest BCUT2D eigenvalue weighted by atomic mass is 9.98. The van der Waals surface area contributed by atoms with Crippen LogP contribution in [0.15, 0.2) is 0 Å². The van der Waals surface area contributed by atoms with Gasteiger partial charge in [-0.25, -0.2) is 9.52 Å². The average Bonchev–Trinajstić information content (AvgIpc) is 2.38.